The second-order valence-electron chi connectivity index (χ2n) is 6.67. The molecule has 0 amide bonds. The van der Waals surface area contributed by atoms with Gasteiger partial charge >= 0.3 is 0 Å². The summed E-state index contributed by atoms with van der Waals surface area (Å²) >= 11 is 1.37. The average Bonchev–Trinajstić information content (AvgIpc) is 3.21. The number of nitrogens with zero attached hydrogens (tertiary/aromatic N) is 4. The highest BCUT2D eigenvalue weighted by Gasteiger charge is 2.15. The molecule has 1 unspecified atom stereocenters. The smallest absolute Gasteiger partial charge is 0.214 e. The number of aromatic nitrogens is 4. The number of ketones is 1. The van der Waals surface area contributed by atoms with Crippen LogP contribution in [0, 0.1) is 13.8 Å². The van der Waals surface area contributed by atoms with Crippen LogP contribution in [0.1, 0.15) is 34.8 Å². The summed E-state index contributed by atoms with van der Waals surface area (Å²) in [6.07, 6.45) is -0.224. The van der Waals surface area contributed by atoms with E-state index in [0.29, 0.717) is 28.6 Å². The first-order valence-electron chi connectivity index (χ1n) is 9.41. The highest BCUT2D eigenvalue weighted by molar-refractivity contribution is 7.99. The Bertz CT molecular complexity index is 972. The van der Waals surface area contributed by atoms with Crippen molar-refractivity contribution in [2.24, 2.45) is 0 Å². The molecule has 1 heterocycles. The number of thioether (sulfide) groups is 1. The maximum atomic E-state index is 11.7. The van der Waals surface area contributed by atoms with E-state index in [9.17, 15) is 9.90 Å². The number of aliphatic hydroxyl groups excluding tert-OH is 1. The summed E-state index contributed by atoms with van der Waals surface area (Å²) in [6.45, 7) is 6.04. The molecule has 29 heavy (non-hydrogen) atoms. The highest BCUT2D eigenvalue weighted by Crippen LogP contribution is 2.23. The minimum atomic E-state index is -0.694. The number of carbonyl (C=O) groups excluding carboxylic acids is 1. The molecule has 3 aromatic rings. The first kappa shape index (κ1) is 21.0. The molecule has 1 aromatic heterocycles. The Kier molecular flexibility index (Phi) is 7.00. The van der Waals surface area contributed by atoms with Gasteiger partial charge in [0.2, 0.25) is 5.16 Å². The molecule has 0 aliphatic carbocycles. The second kappa shape index (κ2) is 9.67. The Balaban J connectivity index is 1.55. The van der Waals surface area contributed by atoms with Crippen molar-refractivity contribution in [2.75, 3.05) is 12.4 Å². The molecular formula is C21H24N4O3S. The van der Waals surface area contributed by atoms with Crippen LogP contribution >= 0.6 is 11.8 Å². The lowest BCUT2D eigenvalue weighted by Crippen LogP contribution is -2.20. The van der Waals surface area contributed by atoms with E-state index in [2.05, 4.69) is 15.5 Å². The van der Waals surface area contributed by atoms with Crippen molar-refractivity contribution in [1.29, 1.82) is 0 Å². The number of carbonyl (C=O) groups is 1. The first-order valence-corrected chi connectivity index (χ1v) is 10.4. The Morgan fingerprint density at radius 2 is 1.97 bits per heavy atom. The summed E-state index contributed by atoms with van der Waals surface area (Å²) in [4.78, 5) is 11.7. The van der Waals surface area contributed by atoms with Gasteiger partial charge in [-0.25, -0.2) is 0 Å². The second-order valence-corrected chi connectivity index (χ2v) is 7.66. The van der Waals surface area contributed by atoms with Crippen LogP contribution in [0.3, 0.4) is 0 Å². The minimum Gasteiger partial charge on any atom is -0.491 e. The van der Waals surface area contributed by atoms with Crippen molar-refractivity contribution in [3.05, 3.63) is 59.2 Å². The molecular weight excluding hydrogens is 388 g/mol. The molecule has 0 fully saturated rings. The van der Waals surface area contributed by atoms with Crippen LogP contribution in [0.25, 0.3) is 5.69 Å². The van der Waals surface area contributed by atoms with Crippen molar-refractivity contribution in [3.8, 4) is 11.4 Å². The summed E-state index contributed by atoms with van der Waals surface area (Å²) in [5.41, 5.74) is 3.85. The topological polar surface area (TPSA) is 90.1 Å². The van der Waals surface area contributed by atoms with Crippen LogP contribution < -0.4 is 4.74 Å². The maximum absolute atomic E-state index is 11.7. The van der Waals surface area contributed by atoms with Crippen molar-refractivity contribution >= 4 is 17.5 Å². The molecule has 1 atom stereocenters. The number of aryl methyl sites for hydroxylation is 1. The Morgan fingerprint density at radius 1 is 1.21 bits per heavy atom. The summed E-state index contributed by atoms with van der Waals surface area (Å²) in [6, 6.07) is 12.9. The third-order valence-electron chi connectivity index (χ3n) is 4.59. The lowest BCUT2D eigenvalue weighted by atomic mass is 10.1. The summed E-state index contributed by atoms with van der Waals surface area (Å²) in [7, 11) is 0. The lowest BCUT2D eigenvalue weighted by Gasteiger charge is -2.13. The number of hydrogen-bond acceptors (Lipinski definition) is 7. The van der Waals surface area contributed by atoms with Gasteiger partial charge in [-0.05, 0) is 65.7 Å². The summed E-state index contributed by atoms with van der Waals surface area (Å²) < 4.78 is 7.31. The van der Waals surface area contributed by atoms with E-state index < -0.39 is 6.10 Å². The van der Waals surface area contributed by atoms with E-state index in [0.717, 1.165) is 16.8 Å². The predicted molar refractivity (Wildman–Crippen MR) is 112 cm³/mol. The molecule has 8 heteroatoms. The quantitative estimate of drug-likeness (QED) is 0.425. The van der Waals surface area contributed by atoms with Gasteiger partial charge in [0, 0.05) is 17.7 Å². The molecule has 0 bridgehead atoms. The van der Waals surface area contributed by atoms with Gasteiger partial charge in [-0.3, -0.25) is 4.79 Å². The monoisotopic (exact) mass is 412 g/mol. The van der Waals surface area contributed by atoms with E-state index in [1.807, 2.05) is 39.0 Å². The third-order valence-corrected chi connectivity index (χ3v) is 5.65. The molecule has 3 rings (SSSR count). The zero-order valence-corrected chi connectivity index (χ0v) is 17.5. The normalized spacial score (nSPS) is 12.0. The maximum Gasteiger partial charge on any atom is 0.214 e. The number of ether oxygens (including phenoxy) is 1. The fourth-order valence-corrected chi connectivity index (χ4v) is 3.53. The molecule has 152 valence electrons. The fourth-order valence-electron chi connectivity index (χ4n) is 2.74. The average molecular weight is 413 g/mol. The van der Waals surface area contributed by atoms with Crippen LogP contribution in [0.15, 0.2) is 47.6 Å². The molecule has 0 aliphatic rings. The molecule has 0 radical (unpaired) electrons. The van der Waals surface area contributed by atoms with Crippen molar-refractivity contribution < 1.29 is 14.6 Å². The molecule has 0 saturated heterocycles. The van der Waals surface area contributed by atoms with Crippen molar-refractivity contribution in [3.63, 3.8) is 0 Å². The number of rotatable bonds is 9. The molecule has 2 aromatic carbocycles. The zero-order valence-electron chi connectivity index (χ0n) is 16.7. The van der Waals surface area contributed by atoms with Gasteiger partial charge < -0.3 is 9.84 Å². The van der Waals surface area contributed by atoms with E-state index in [-0.39, 0.29) is 12.4 Å². The van der Waals surface area contributed by atoms with Gasteiger partial charge in [-0.15, -0.1) is 5.10 Å². The third kappa shape index (κ3) is 5.21. The largest absolute Gasteiger partial charge is 0.491 e. The van der Waals surface area contributed by atoms with Crippen LogP contribution in [-0.2, 0) is 0 Å². The van der Waals surface area contributed by atoms with Crippen molar-refractivity contribution in [2.45, 2.75) is 38.5 Å². The highest BCUT2D eigenvalue weighted by atomic mass is 32.2. The van der Waals surface area contributed by atoms with Gasteiger partial charge in [0.05, 0.1) is 11.8 Å². The van der Waals surface area contributed by atoms with Crippen LogP contribution in [-0.4, -0.2) is 49.6 Å². The number of benzene rings is 2. The Morgan fingerprint density at radius 3 is 2.69 bits per heavy atom. The van der Waals surface area contributed by atoms with Gasteiger partial charge in [0.15, 0.2) is 5.78 Å². The molecule has 0 spiro atoms. The fraction of sp³-hybridized carbons (Fsp3) is 0.333. The molecule has 0 saturated carbocycles. The number of hydrogen-bond donors (Lipinski definition) is 1. The standard InChI is InChI=1S/C21H24N4O3S/c1-4-20(27)16-8-10-18(11-9-16)28-12-17(26)13-29-21-22-23-24-25(21)19-7-5-6-14(2)15(19)3/h5-11,17,26H,4,12-13H2,1-3H3. The predicted octanol–water partition coefficient (Wildman–Crippen LogP) is 3.40. The van der Waals surface area contributed by atoms with Gasteiger partial charge in [0.1, 0.15) is 12.4 Å². The van der Waals surface area contributed by atoms with Gasteiger partial charge in [-0.1, -0.05) is 30.8 Å². The van der Waals surface area contributed by atoms with E-state index in [1.165, 1.54) is 11.8 Å². The van der Waals surface area contributed by atoms with Crippen molar-refractivity contribution in [1.82, 2.24) is 20.2 Å². The molecule has 7 nitrogen and oxygen atoms in total. The lowest BCUT2D eigenvalue weighted by molar-refractivity contribution is 0.0987. The zero-order chi connectivity index (χ0) is 20.8. The van der Waals surface area contributed by atoms with Crippen LogP contribution in [0.4, 0.5) is 0 Å². The van der Waals surface area contributed by atoms with E-state index >= 15 is 0 Å². The van der Waals surface area contributed by atoms with Gasteiger partial charge in [-0.2, -0.15) is 4.68 Å². The number of aliphatic hydroxyl groups is 1. The minimum absolute atomic E-state index is 0.0922. The van der Waals surface area contributed by atoms with E-state index in [1.54, 1.807) is 28.9 Å². The number of tetrazole rings is 1. The van der Waals surface area contributed by atoms with Crippen LogP contribution in [0.5, 0.6) is 5.75 Å². The molecule has 0 aliphatic heterocycles. The van der Waals surface area contributed by atoms with Gasteiger partial charge in [0.25, 0.3) is 0 Å². The Hall–Kier alpha value is -2.71. The van der Waals surface area contributed by atoms with E-state index in [4.69, 9.17) is 4.74 Å². The summed E-state index contributed by atoms with van der Waals surface area (Å²) in [5, 5.41) is 22.8. The Labute approximate surface area is 174 Å². The summed E-state index contributed by atoms with van der Waals surface area (Å²) in [5.74, 6) is 1.09. The van der Waals surface area contributed by atoms with Crippen LogP contribution in [0.2, 0.25) is 0 Å². The first-order chi connectivity index (χ1) is 14.0. The SMILES string of the molecule is CCC(=O)c1ccc(OCC(O)CSc2nnnn2-c2cccc(C)c2C)cc1. The molecule has 1 N–H and O–H groups in total. The number of Topliss-reactive ketones (excluding diaryl/α,β-unsaturated/α-hetero) is 1.